The number of benzene rings is 1. The summed E-state index contributed by atoms with van der Waals surface area (Å²) in [5.41, 5.74) is 1.45. The van der Waals surface area contributed by atoms with Gasteiger partial charge in [-0.05, 0) is 62.4 Å². The molecule has 3 aliphatic rings. The molecule has 1 aromatic carbocycles. The van der Waals surface area contributed by atoms with Gasteiger partial charge in [-0.15, -0.1) is 0 Å². The fourth-order valence-corrected chi connectivity index (χ4v) is 3.33. The van der Waals surface area contributed by atoms with Crippen LogP contribution >= 0.6 is 0 Å². The first kappa shape index (κ1) is 11.1. The van der Waals surface area contributed by atoms with E-state index in [9.17, 15) is 0 Å². The van der Waals surface area contributed by atoms with Crippen molar-refractivity contribution in [3.8, 4) is 5.75 Å². The van der Waals surface area contributed by atoms with Gasteiger partial charge in [-0.1, -0.05) is 12.1 Å². The van der Waals surface area contributed by atoms with Gasteiger partial charge in [0.15, 0.2) is 0 Å². The van der Waals surface area contributed by atoms with Crippen LogP contribution in [0.1, 0.15) is 24.8 Å². The molecule has 3 fully saturated rings. The number of ether oxygens (including phenoxy) is 1. The van der Waals surface area contributed by atoms with Crippen LogP contribution in [0, 0.1) is 5.92 Å². The molecule has 1 aromatic rings. The lowest BCUT2D eigenvalue weighted by Crippen LogP contribution is -2.49. The molecule has 0 radical (unpaired) electrons. The molecule has 4 rings (SSSR count). The number of piperidine rings is 3. The van der Waals surface area contributed by atoms with Crippen molar-refractivity contribution in [1.82, 2.24) is 4.90 Å². The van der Waals surface area contributed by atoms with Crippen molar-refractivity contribution in [2.24, 2.45) is 5.92 Å². The highest BCUT2D eigenvalue weighted by Crippen LogP contribution is 2.33. The Morgan fingerprint density at radius 3 is 2.41 bits per heavy atom. The largest absolute Gasteiger partial charge is 0.497 e. The van der Waals surface area contributed by atoms with E-state index in [1.54, 1.807) is 7.11 Å². The number of fused-ring (bicyclic) bond motifs is 3. The van der Waals surface area contributed by atoms with Crippen LogP contribution in [0.5, 0.6) is 5.75 Å². The van der Waals surface area contributed by atoms with Crippen molar-refractivity contribution in [2.75, 3.05) is 20.2 Å². The monoisotopic (exact) mass is 231 g/mol. The van der Waals surface area contributed by atoms with E-state index in [0.717, 1.165) is 17.7 Å². The third-order valence-corrected chi connectivity index (χ3v) is 4.40. The molecular formula is C15H21NO. The van der Waals surface area contributed by atoms with Gasteiger partial charge < -0.3 is 9.64 Å². The van der Waals surface area contributed by atoms with Gasteiger partial charge in [0.1, 0.15) is 5.75 Å². The Kier molecular flexibility index (Phi) is 3.06. The zero-order valence-electron chi connectivity index (χ0n) is 10.6. The SMILES string of the molecule is COc1ccc(CC2CC3CCN2CC3)cc1. The van der Waals surface area contributed by atoms with Gasteiger partial charge in [0.05, 0.1) is 7.11 Å². The third kappa shape index (κ3) is 2.32. The normalized spacial score (nSPS) is 31.5. The Labute approximate surface area is 104 Å². The number of hydrogen-bond acceptors (Lipinski definition) is 2. The molecule has 0 spiro atoms. The van der Waals surface area contributed by atoms with Crippen molar-refractivity contribution < 1.29 is 4.74 Å². The van der Waals surface area contributed by atoms with E-state index in [4.69, 9.17) is 4.74 Å². The number of methoxy groups -OCH3 is 1. The number of rotatable bonds is 3. The quantitative estimate of drug-likeness (QED) is 0.793. The van der Waals surface area contributed by atoms with Crippen LogP contribution in [0.15, 0.2) is 24.3 Å². The number of nitrogens with zero attached hydrogens (tertiary/aromatic N) is 1. The van der Waals surface area contributed by atoms with Crippen LogP contribution in [0.2, 0.25) is 0 Å². The summed E-state index contributed by atoms with van der Waals surface area (Å²) in [6, 6.07) is 9.36. The minimum Gasteiger partial charge on any atom is -0.497 e. The van der Waals surface area contributed by atoms with Crippen molar-refractivity contribution >= 4 is 0 Å². The van der Waals surface area contributed by atoms with E-state index in [1.165, 1.54) is 44.3 Å². The predicted molar refractivity (Wildman–Crippen MR) is 69.4 cm³/mol. The van der Waals surface area contributed by atoms with Gasteiger partial charge in [0, 0.05) is 6.04 Å². The molecule has 92 valence electrons. The van der Waals surface area contributed by atoms with E-state index in [0.29, 0.717) is 0 Å². The first-order valence-corrected chi connectivity index (χ1v) is 6.72. The van der Waals surface area contributed by atoms with Crippen LogP contribution in [-0.4, -0.2) is 31.1 Å². The highest BCUT2D eigenvalue weighted by atomic mass is 16.5. The summed E-state index contributed by atoms with van der Waals surface area (Å²) in [5, 5.41) is 0. The molecule has 0 N–H and O–H groups in total. The van der Waals surface area contributed by atoms with E-state index < -0.39 is 0 Å². The van der Waals surface area contributed by atoms with Crippen LogP contribution in [0.25, 0.3) is 0 Å². The van der Waals surface area contributed by atoms with Crippen LogP contribution < -0.4 is 4.74 Å². The van der Waals surface area contributed by atoms with E-state index in [-0.39, 0.29) is 0 Å². The van der Waals surface area contributed by atoms with Crippen LogP contribution in [-0.2, 0) is 6.42 Å². The molecule has 3 aliphatic heterocycles. The van der Waals surface area contributed by atoms with Crippen LogP contribution in [0.3, 0.4) is 0 Å². The molecule has 1 atom stereocenters. The summed E-state index contributed by atoms with van der Waals surface area (Å²) in [7, 11) is 1.72. The van der Waals surface area contributed by atoms with Gasteiger partial charge >= 0.3 is 0 Å². The molecule has 0 aliphatic carbocycles. The zero-order chi connectivity index (χ0) is 11.7. The summed E-state index contributed by atoms with van der Waals surface area (Å²) in [4.78, 5) is 2.68. The average Bonchev–Trinajstić information content (AvgIpc) is 2.41. The molecular weight excluding hydrogens is 210 g/mol. The smallest absolute Gasteiger partial charge is 0.118 e. The maximum atomic E-state index is 5.20. The van der Waals surface area contributed by atoms with Crippen LogP contribution in [0.4, 0.5) is 0 Å². The summed E-state index contributed by atoms with van der Waals surface area (Å²) >= 11 is 0. The fourth-order valence-electron chi connectivity index (χ4n) is 3.33. The second-order valence-electron chi connectivity index (χ2n) is 5.42. The van der Waals surface area contributed by atoms with Gasteiger partial charge in [-0.2, -0.15) is 0 Å². The first-order valence-electron chi connectivity index (χ1n) is 6.72. The Balaban J connectivity index is 1.66. The van der Waals surface area contributed by atoms with Crippen molar-refractivity contribution in [3.05, 3.63) is 29.8 Å². The summed E-state index contributed by atoms with van der Waals surface area (Å²) in [6.07, 6.45) is 5.48. The third-order valence-electron chi connectivity index (χ3n) is 4.40. The Morgan fingerprint density at radius 2 is 1.88 bits per heavy atom. The topological polar surface area (TPSA) is 12.5 Å². The van der Waals surface area contributed by atoms with Crippen molar-refractivity contribution in [3.63, 3.8) is 0 Å². The standard InChI is InChI=1S/C15H21NO/c1-17-15-4-2-12(3-5-15)10-14-11-13-6-8-16(14)9-7-13/h2-5,13-14H,6-11H2,1H3. The second kappa shape index (κ2) is 4.69. The number of hydrogen-bond donors (Lipinski definition) is 0. The molecule has 0 aromatic heterocycles. The van der Waals surface area contributed by atoms with E-state index in [1.807, 2.05) is 0 Å². The maximum Gasteiger partial charge on any atom is 0.118 e. The summed E-state index contributed by atoms with van der Waals surface area (Å²) < 4.78 is 5.20. The lowest BCUT2D eigenvalue weighted by Gasteiger charge is -2.45. The van der Waals surface area contributed by atoms with Gasteiger partial charge in [0.2, 0.25) is 0 Å². The first-order chi connectivity index (χ1) is 8.35. The summed E-state index contributed by atoms with van der Waals surface area (Å²) in [6.45, 7) is 2.65. The van der Waals surface area contributed by atoms with E-state index >= 15 is 0 Å². The Morgan fingerprint density at radius 1 is 1.18 bits per heavy atom. The minimum absolute atomic E-state index is 0.788. The maximum absolute atomic E-state index is 5.20. The highest BCUT2D eigenvalue weighted by molar-refractivity contribution is 5.27. The molecule has 17 heavy (non-hydrogen) atoms. The van der Waals surface area contributed by atoms with Gasteiger partial charge in [-0.3, -0.25) is 0 Å². The van der Waals surface area contributed by atoms with Gasteiger partial charge in [-0.25, -0.2) is 0 Å². The second-order valence-corrected chi connectivity index (χ2v) is 5.42. The highest BCUT2D eigenvalue weighted by Gasteiger charge is 2.33. The van der Waals surface area contributed by atoms with Gasteiger partial charge in [0.25, 0.3) is 0 Å². The molecule has 2 heteroatoms. The average molecular weight is 231 g/mol. The lowest BCUT2D eigenvalue weighted by molar-refractivity contribution is 0.0498. The van der Waals surface area contributed by atoms with Crippen molar-refractivity contribution in [2.45, 2.75) is 31.7 Å². The summed E-state index contributed by atoms with van der Waals surface area (Å²) in [5.74, 6) is 1.96. The molecule has 0 saturated carbocycles. The molecule has 3 heterocycles. The lowest BCUT2D eigenvalue weighted by atomic mass is 9.81. The molecule has 1 unspecified atom stereocenters. The molecule has 2 nitrogen and oxygen atoms in total. The Bertz CT molecular complexity index is 365. The minimum atomic E-state index is 0.788. The Hall–Kier alpha value is -1.02. The van der Waals surface area contributed by atoms with Crippen molar-refractivity contribution in [1.29, 1.82) is 0 Å². The fraction of sp³-hybridized carbons (Fsp3) is 0.600. The predicted octanol–water partition coefficient (Wildman–Crippen LogP) is 2.72. The molecule has 3 saturated heterocycles. The van der Waals surface area contributed by atoms with E-state index in [2.05, 4.69) is 29.2 Å². The molecule has 2 bridgehead atoms. The zero-order valence-corrected chi connectivity index (χ0v) is 10.6. The molecule has 0 amide bonds.